The minimum absolute atomic E-state index is 0.0267. The van der Waals surface area contributed by atoms with Gasteiger partial charge in [0.25, 0.3) is 5.91 Å². The fraction of sp³-hybridized carbons (Fsp3) is 0.189. The first-order valence-electron chi connectivity index (χ1n) is 15.5. The van der Waals surface area contributed by atoms with Crippen LogP contribution in [0.2, 0.25) is 10.3 Å². The molecule has 1 aliphatic heterocycles. The molecule has 242 valence electrons. The summed E-state index contributed by atoms with van der Waals surface area (Å²) in [6.45, 7) is 0.742. The van der Waals surface area contributed by atoms with Crippen LogP contribution in [-0.4, -0.2) is 36.6 Å². The highest BCUT2D eigenvalue weighted by atomic mass is 35.5. The van der Waals surface area contributed by atoms with Crippen LogP contribution in [0.4, 0.5) is 0 Å². The van der Waals surface area contributed by atoms with Crippen molar-refractivity contribution in [3.05, 3.63) is 148 Å². The number of halogens is 2. The first-order valence-corrected chi connectivity index (χ1v) is 16.3. The minimum atomic E-state index is -0.643. The number of para-hydroxylation sites is 2. The highest BCUT2D eigenvalue weighted by molar-refractivity contribution is 6.40. The molecule has 3 atom stereocenters. The Labute approximate surface area is 287 Å². The van der Waals surface area contributed by atoms with Crippen LogP contribution >= 0.6 is 23.2 Å². The Morgan fingerprint density at radius 2 is 1.60 bits per heavy atom. The van der Waals surface area contributed by atoms with Gasteiger partial charge in [-0.2, -0.15) is 0 Å². The lowest BCUT2D eigenvalue weighted by Gasteiger charge is -2.36. The Morgan fingerprint density at radius 3 is 2.35 bits per heavy atom. The van der Waals surface area contributed by atoms with E-state index in [-0.39, 0.29) is 35.6 Å². The van der Waals surface area contributed by atoms with Crippen LogP contribution in [0.15, 0.2) is 110 Å². The van der Waals surface area contributed by atoms with Gasteiger partial charge in [-0.15, -0.1) is 0 Å². The quantitative estimate of drug-likeness (QED) is 0.163. The molecule has 0 spiro atoms. The predicted octanol–water partition coefficient (Wildman–Crippen LogP) is 7.47. The van der Waals surface area contributed by atoms with E-state index in [2.05, 4.69) is 20.3 Å². The number of fused-ring (bicyclic) bond motifs is 1. The number of aromatic nitrogens is 4. The molecule has 0 bridgehead atoms. The van der Waals surface area contributed by atoms with Crippen LogP contribution < -0.4 is 5.32 Å². The average molecular weight is 681 g/mol. The van der Waals surface area contributed by atoms with Crippen molar-refractivity contribution in [2.75, 3.05) is 0 Å². The number of imidazole rings is 1. The van der Waals surface area contributed by atoms with E-state index in [1.54, 1.807) is 10.9 Å². The van der Waals surface area contributed by atoms with E-state index >= 15 is 0 Å². The van der Waals surface area contributed by atoms with Crippen molar-refractivity contribution in [1.29, 1.82) is 0 Å². The number of ether oxygens (including phenoxy) is 2. The summed E-state index contributed by atoms with van der Waals surface area (Å²) in [5, 5.41) is 13.1. The molecular formula is C37H31Cl2N5O4. The molecule has 9 nitrogen and oxygen atoms in total. The Morgan fingerprint density at radius 1 is 0.875 bits per heavy atom. The van der Waals surface area contributed by atoms with Gasteiger partial charge >= 0.3 is 0 Å². The van der Waals surface area contributed by atoms with Gasteiger partial charge in [0.1, 0.15) is 10.8 Å². The Hall–Kier alpha value is -4.64. The number of nitrogens with one attached hydrogen (secondary N) is 1. The fourth-order valence-corrected chi connectivity index (χ4v) is 6.14. The number of aliphatic hydroxyl groups excluding tert-OH is 1. The summed E-state index contributed by atoms with van der Waals surface area (Å²) in [7, 11) is 0. The SMILES string of the molecule is O=C(NCc1ccccc1-c1ccc([C@H]2O[C@@H](Cn3cnc(Cl)c3Cl)C[C@@H](c3ccc(CO)cc3)O2)cc1)c1cnc2ccccc2n1. The Kier molecular flexibility index (Phi) is 9.47. The number of carbonyl (C=O) groups is 1. The molecule has 2 aromatic heterocycles. The molecule has 1 aliphatic rings. The standard InChI is InChI=1S/C37H31Cl2N5O4/c38-34-35(39)44(22-42-34)20-28-17-33(25-11-9-23(21-45)10-12-25)48-37(47-28)26-15-13-24(14-16-26)29-6-2-1-5-27(29)18-41-36(46)32-19-40-30-7-3-4-8-31(30)43-32/h1-16,19,22,28,33,37,45H,17-18,20-21H2,(H,41,46)/t28-,33+,37+/m1/s1. The third-order valence-electron chi connectivity index (χ3n) is 8.38. The highest BCUT2D eigenvalue weighted by Gasteiger charge is 2.33. The summed E-state index contributed by atoms with van der Waals surface area (Å²) in [5.74, 6) is -0.292. The zero-order chi connectivity index (χ0) is 33.0. The van der Waals surface area contributed by atoms with Crippen LogP contribution in [0, 0.1) is 0 Å². The van der Waals surface area contributed by atoms with Crippen LogP contribution in [0.25, 0.3) is 22.2 Å². The van der Waals surface area contributed by atoms with Crippen molar-refractivity contribution < 1.29 is 19.4 Å². The molecule has 0 aliphatic carbocycles. The van der Waals surface area contributed by atoms with E-state index in [4.69, 9.17) is 32.7 Å². The first-order chi connectivity index (χ1) is 23.4. The van der Waals surface area contributed by atoms with Gasteiger partial charge < -0.3 is 24.5 Å². The molecule has 1 fully saturated rings. The lowest BCUT2D eigenvalue weighted by molar-refractivity contribution is -0.252. The monoisotopic (exact) mass is 679 g/mol. The number of rotatable bonds is 9. The smallest absolute Gasteiger partial charge is 0.271 e. The second-order valence-corrected chi connectivity index (χ2v) is 12.3. The molecule has 7 rings (SSSR count). The molecule has 1 saturated heterocycles. The van der Waals surface area contributed by atoms with Gasteiger partial charge in [-0.25, -0.2) is 9.97 Å². The summed E-state index contributed by atoms with van der Waals surface area (Å²) in [4.78, 5) is 25.9. The maximum Gasteiger partial charge on any atom is 0.271 e. The molecule has 1 amide bonds. The highest BCUT2D eigenvalue weighted by Crippen LogP contribution is 2.39. The molecule has 48 heavy (non-hydrogen) atoms. The first kappa shape index (κ1) is 31.9. The van der Waals surface area contributed by atoms with Crippen molar-refractivity contribution in [2.45, 2.75) is 44.6 Å². The second-order valence-electron chi connectivity index (χ2n) is 11.5. The number of amides is 1. The van der Waals surface area contributed by atoms with Crippen molar-refractivity contribution in [1.82, 2.24) is 24.8 Å². The maximum atomic E-state index is 13.0. The number of benzene rings is 4. The zero-order valence-corrected chi connectivity index (χ0v) is 27.2. The average Bonchev–Trinajstić information content (AvgIpc) is 3.45. The summed E-state index contributed by atoms with van der Waals surface area (Å²) in [6, 6.07) is 31.2. The molecular weight excluding hydrogens is 649 g/mol. The Balaban J connectivity index is 1.09. The van der Waals surface area contributed by atoms with Crippen LogP contribution in [0.3, 0.4) is 0 Å². The normalized spacial score (nSPS) is 17.8. The van der Waals surface area contributed by atoms with Crippen LogP contribution in [0.1, 0.15) is 51.6 Å². The van der Waals surface area contributed by atoms with Gasteiger partial charge in [-0.05, 0) is 39.9 Å². The van der Waals surface area contributed by atoms with Gasteiger partial charge in [0.05, 0.1) is 48.9 Å². The summed E-state index contributed by atoms with van der Waals surface area (Å²) in [6.07, 6.45) is 2.55. The number of hydrogen-bond acceptors (Lipinski definition) is 7. The maximum absolute atomic E-state index is 13.0. The van der Waals surface area contributed by atoms with Gasteiger partial charge in [-0.3, -0.25) is 9.78 Å². The van der Waals surface area contributed by atoms with E-state index in [1.807, 2.05) is 97.1 Å². The van der Waals surface area contributed by atoms with Crippen molar-refractivity contribution >= 4 is 40.1 Å². The van der Waals surface area contributed by atoms with Crippen molar-refractivity contribution in [3.8, 4) is 11.1 Å². The molecule has 3 heterocycles. The van der Waals surface area contributed by atoms with Gasteiger partial charge in [0.2, 0.25) is 0 Å². The van der Waals surface area contributed by atoms with Gasteiger partial charge in [0.15, 0.2) is 11.4 Å². The lowest BCUT2D eigenvalue weighted by atomic mass is 9.97. The van der Waals surface area contributed by atoms with Gasteiger partial charge in [0, 0.05) is 18.5 Å². The van der Waals surface area contributed by atoms with Crippen molar-refractivity contribution in [3.63, 3.8) is 0 Å². The zero-order valence-electron chi connectivity index (χ0n) is 25.7. The largest absolute Gasteiger partial charge is 0.392 e. The topological polar surface area (TPSA) is 111 Å². The molecule has 0 saturated carbocycles. The molecule has 2 N–H and O–H groups in total. The number of carbonyl (C=O) groups excluding carboxylic acids is 1. The van der Waals surface area contributed by atoms with E-state index in [1.165, 1.54) is 6.20 Å². The van der Waals surface area contributed by atoms with Crippen LogP contribution in [-0.2, 0) is 29.2 Å². The van der Waals surface area contributed by atoms with Gasteiger partial charge in [-0.1, -0.05) is 108 Å². The number of nitrogens with zero attached hydrogens (tertiary/aromatic N) is 4. The molecule has 6 aromatic rings. The number of aliphatic hydroxyl groups is 1. The number of hydrogen-bond donors (Lipinski definition) is 2. The molecule has 0 radical (unpaired) electrons. The predicted molar refractivity (Wildman–Crippen MR) is 183 cm³/mol. The van der Waals surface area contributed by atoms with Crippen LogP contribution in [0.5, 0.6) is 0 Å². The lowest BCUT2D eigenvalue weighted by Crippen LogP contribution is -2.32. The third kappa shape index (κ3) is 6.96. The summed E-state index contributed by atoms with van der Waals surface area (Å²) >= 11 is 12.5. The summed E-state index contributed by atoms with van der Waals surface area (Å²) in [5.41, 5.74) is 7.28. The summed E-state index contributed by atoms with van der Waals surface area (Å²) < 4.78 is 14.8. The van der Waals surface area contributed by atoms with E-state index in [0.717, 1.165) is 38.9 Å². The molecule has 0 unspecified atom stereocenters. The fourth-order valence-electron chi connectivity index (χ4n) is 5.83. The van der Waals surface area contributed by atoms with E-state index < -0.39 is 6.29 Å². The second kappa shape index (κ2) is 14.2. The molecule has 4 aromatic carbocycles. The van der Waals surface area contributed by atoms with E-state index in [0.29, 0.717) is 30.2 Å². The van der Waals surface area contributed by atoms with Crippen molar-refractivity contribution in [2.24, 2.45) is 0 Å². The molecule has 11 heteroatoms. The third-order valence-corrected chi connectivity index (χ3v) is 9.15. The van der Waals surface area contributed by atoms with E-state index in [9.17, 15) is 9.90 Å². The Bertz CT molecular complexity index is 2050. The minimum Gasteiger partial charge on any atom is -0.392 e.